The van der Waals surface area contributed by atoms with Gasteiger partial charge in [-0.15, -0.1) is 11.3 Å². The lowest BCUT2D eigenvalue weighted by Crippen LogP contribution is -2.41. The third kappa shape index (κ3) is 3.94. The average molecular weight is 428 g/mol. The fourth-order valence-corrected chi connectivity index (χ4v) is 4.68. The Morgan fingerprint density at radius 1 is 1.29 bits per heavy atom. The number of fused-ring (bicyclic) bond motifs is 1. The molecule has 1 saturated heterocycles. The van der Waals surface area contributed by atoms with Crippen molar-refractivity contribution in [3.63, 3.8) is 0 Å². The molecule has 0 radical (unpaired) electrons. The first kappa shape index (κ1) is 19.4. The minimum absolute atomic E-state index is 0.0638. The summed E-state index contributed by atoms with van der Waals surface area (Å²) >= 11 is 7.27. The quantitative estimate of drug-likeness (QED) is 0.634. The first-order chi connectivity index (χ1) is 13.3. The zero-order chi connectivity index (χ0) is 19.9. The molecule has 3 aromatic rings. The van der Waals surface area contributed by atoms with Crippen LogP contribution >= 0.6 is 22.9 Å². The Morgan fingerprint density at radius 3 is 2.75 bits per heavy atom. The Kier molecular flexibility index (Phi) is 5.20. The Balaban J connectivity index is 1.60. The number of halogens is 4. The molecule has 28 heavy (non-hydrogen) atoms. The van der Waals surface area contributed by atoms with Crippen LogP contribution in [0.2, 0.25) is 5.02 Å². The Bertz CT molecular complexity index is 1050. The summed E-state index contributed by atoms with van der Waals surface area (Å²) in [4.78, 5) is 22.2. The summed E-state index contributed by atoms with van der Waals surface area (Å²) in [6.45, 7) is 0.701. The van der Waals surface area contributed by atoms with Crippen molar-refractivity contribution in [1.29, 1.82) is 0 Å². The van der Waals surface area contributed by atoms with Crippen molar-refractivity contribution in [2.45, 2.75) is 25.6 Å². The van der Waals surface area contributed by atoms with Crippen LogP contribution in [0.1, 0.15) is 18.7 Å². The van der Waals surface area contributed by atoms with Gasteiger partial charge in [0.2, 0.25) is 0 Å². The number of nitrogens with zero attached hydrogens (tertiary/aromatic N) is 2. The molecule has 1 aromatic carbocycles. The van der Waals surface area contributed by atoms with Crippen LogP contribution in [0.25, 0.3) is 21.3 Å². The highest BCUT2D eigenvalue weighted by Crippen LogP contribution is 2.34. The third-order valence-electron chi connectivity index (χ3n) is 4.99. The first-order valence-corrected chi connectivity index (χ1v) is 10.1. The molecule has 0 amide bonds. The highest BCUT2D eigenvalue weighted by molar-refractivity contribution is 7.17. The Morgan fingerprint density at radius 2 is 2.04 bits per heavy atom. The molecule has 148 valence electrons. The number of aromatic amines is 1. The maximum atomic E-state index is 13.0. The smallest absolute Gasteiger partial charge is 0.309 e. The molecule has 1 aliphatic rings. The summed E-state index contributed by atoms with van der Waals surface area (Å²) in [6, 6.07) is 7.18. The van der Waals surface area contributed by atoms with Gasteiger partial charge in [-0.2, -0.15) is 13.2 Å². The molecule has 3 heterocycles. The molecule has 0 spiro atoms. The molecule has 0 saturated carbocycles. The molecule has 9 heteroatoms. The first-order valence-electron chi connectivity index (χ1n) is 8.86. The maximum Gasteiger partial charge on any atom is 0.393 e. The van der Waals surface area contributed by atoms with Crippen LogP contribution in [0.4, 0.5) is 13.2 Å². The summed E-state index contributed by atoms with van der Waals surface area (Å²) in [5.74, 6) is -0.931. The summed E-state index contributed by atoms with van der Waals surface area (Å²) < 4.78 is 39.0. The van der Waals surface area contributed by atoms with Crippen LogP contribution in [0.5, 0.6) is 0 Å². The molecular weight excluding hydrogens is 411 g/mol. The van der Waals surface area contributed by atoms with Gasteiger partial charge in [0.1, 0.15) is 10.7 Å². The number of rotatable bonds is 3. The van der Waals surface area contributed by atoms with Gasteiger partial charge >= 0.3 is 6.18 Å². The standard InChI is InChI=1S/C19H17ClF3N3OS/c20-13-5-3-11(4-6-13)14-10-28-18-16(14)17(27)24-15(25-18)9-26-7-1-2-12(8-26)19(21,22)23/h3-6,10,12H,1-2,7-9H2,(H,24,25,27). The normalized spacial score (nSPS) is 18.6. The molecule has 1 fully saturated rings. The number of hydrogen-bond donors (Lipinski definition) is 1. The lowest BCUT2D eigenvalue weighted by molar-refractivity contribution is -0.187. The van der Waals surface area contributed by atoms with E-state index in [0.717, 1.165) is 11.1 Å². The number of benzene rings is 1. The second-order valence-electron chi connectivity index (χ2n) is 6.96. The summed E-state index contributed by atoms with van der Waals surface area (Å²) in [5, 5.41) is 2.96. The van der Waals surface area contributed by atoms with E-state index in [0.29, 0.717) is 34.0 Å². The SMILES string of the molecule is O=c1[nH]c(CN2CCCC(C(F)(F)F)C2)nc2scc(-c3ccc(Cl)cc3)c12. The van der Waals surface area contributed by atoms with E-state index < -0.39 is 12.1 Å². The molecule has 1 unspecified atom stereocenters. The lowest BCUT2D eigenvalue weighted by atomic mass is 9.97. The zero-order valence-corrected chi connectivity index (χ0v) is 16.3. The monoisotopic (exact) mass is 427 g/mol. The topological polar surface area (TPSA) is 49.0 Å². The molecule has 0 bridgehead atoms. The Labute approximate surface area is 168 Å². The number of alkyl halides is 3. The van der Waals surface area contributed by atoms with Gasteiger partial charge in [-0.1, -0.05) is 23.7 Å². The summed E-state index contributed by atoms with van der Waals surface area (Å²) in [6.07, 6.45) is -3.56. The number of hydrogen-bond acceptors (Lipinski definition) is 4. The Hall–Kier alpha value is -1.90. The van der Waals surface area contributed by atoms with E-state index in [1.54, 1.807) is 17.0 Å². The summed E-state index contributed by atoms with van der Waals surface area (Å²) in [5.41, 5.74) is 1.35. The van der Waals surface area contributed by atoms with Crippen molar-refractivity contribution in [1.82, 2.24) is 14.9 Å². The molecule has 1 aliphatic heterocycles. The third-order valence-corrected chi connectivity index (χ3v) is 6.11. The van der Waals surface area contributed by atoms with E-state index in [9.17, 15) is 18.0 Å². The van der Waals surface area contributed by atoms with Crippen molar-refractivity contribution >= 4 is 33.2 Å². The molecule has 0 aliphatic carbocycles. The van der Waals surface area contributed by atoms with Crippen LogP contribution in [-0.2, 0) is 6.54 Å². The summed E-state index contributed by atoms with van der Waals surface area (Å²) in [7, 11) is 0. The van der Waals surface area contributed by atoms with E-state index in [-0.39, 0.29) is 25.1 Å². The second-order valence-corrected chi connectivity index (χ2v) is 8.26. The van der Waals surface area contributed by atoms with Crippen molar-refractivity contribution in [3.05, 3.63) is 50.8 Å². The van der Waals surface area contributed by atoms with Crippen molar-refractivity contribution in [3.8, 4) is 11.1 Å². The van der Waals surface area contributed by atoms with Gasteiger partial charge in [-0.3, -0.25) is 9.69 Å². The van der Waals surface area contributed by atoms with E-state index in [1.165, 1.54) is 11.3 Å². The number of likely N-dealkylation sites (tertiary alicyclic amines) is 1. The predicted octanol–water partition coefficient (Wildman–Crippen LogP) is 5.08. The molecule has 1 N–H and O–H groups in total. The molecule has 4 rings (SSSR count). The number of piperidine rings is 1. The molecule has 1 atom stereocenters. The largest absolute Gasteiger partial charge is 0.393 e. The van der Waals surface area contributed by atoms with Gasteiger partial charge < -0.3 is 4.98 Å². The maximum absolute atomic E-state index is 13.0. The predicted molar refractivity (Wildman–Crippen MR) is 105 cm³/mol. The highest BCUT2D eigenvalue weighted by Gasteiger charge is 2.41. The molecule has 4 nitrogen and oxygen atoms in total. The van der Waals surface area contributed by atoms with Crippen LogP contribution in [0.15, 0.2) is 34.4 Å². The average Bonchev–Trinajstić information content (AvgIpc) is 3.06. The van der Waals surface area contributed by atoms with Crippen LogP contribution in [0, 0.1) is 5.92 Å². The van der Waals surface area contributed by atoms with Crippen molar-refractivity contribution < 1.29 is 13.2 Å². The van der Waals surface area contributed by atoms with Gasteiger partial charge in [0.15, 0.2) is 0 Å². The van der Waals surface area contributed by atoms with Gasteiger partial charge in [0, 0.05) is 22.5 Å². The van der Waals surface area contributed by atoms with Gasteiger partial charge in [0.05, 0.1) is 17.8 Å². The zero-order valence-electron chi connectivity index (χ0n) is 14.7. The van der Waals surface area contributed by atoms with Gasteiger partial charge in [0.25, 0.3) is 5.56 Å². The minimum Gasteiger partial charge on any atom is -0.309 e. The van der Waals surface area contributed by atoms with Gasteiger partial charge in [-0.05, 0) is 37.1 Å². The van der Waals surface area contributed by atoms with E-state index in [4.69, 9.17) is 11.6 Å². The van der Waals surface area contributed by atoms with Crippen LogP contribution in [-0.4, -0.2) is 34.1 Å². The number of H-pyrrole nitrogens is 1. The fourth-order valence-electron chi connectivity index (χ4n) is 3.59. The highest BCUT2D eigenvalue weighted by atomic mass is 35.5. The second kappa shape index (κ2) is 7.50. The van der Waals surface area contributed by atoms with E-state index in [1.807, 2.05) is 17.5 Å². The van der Waals surface area contributed by atoms with Crippen LogP contribution in [0.3, 0.4) is 0 Å². The van der Waals surface area contributed by atoms with Gasteiger partial charge in [-0.25, -0.2) is 4.98 Å². The molecular formula is C19H17ClF3N3OS. The van der Waals surface area contributed by atoms with E-state index >= 15 is 0 Å². The lowest BCUT2D eigenvalue weighted by Gasteiger charge is -2.33. The number of thiophene rings is 1. The van der Waals surface area contributed by atoms with Crippen molar-refractivity contribution in [2.24, 2.45) is 5.92 Å². The molecule has 2 aromatic heterocycles. The van der Waals surface area contributed by atoms with Crippen LogP contribution < -0.4 is 5.56 Å². The van der Waals surface area contributed by atoms with E-state index in [2.05, 4.69) is 9.97 Å². The number of nitrogens with one attached hydrogen (secondary N) is 1. The number of aromatic nitrogens is 2. The van der Waals surface area contributed by atoms with Crippen molar-refractivity contribution in [2.75, 3.05) is 13.1 Å². The fraction of sp³-hybridized carbons (Fsp3) is 0.368. The minimum atomic E-state index is -4.19.